The predicted octanol–water partition coefficient (Wildman–Crippen LogP) is 3.77. The molecule has 0 saturated heterocycles. The lowest BCUT2D eigenvalue weighted by atomic mass is 10.2. The van der Waals surface area contributed by atoms with Crippen LogP contribution >= 0.6 is 15.9 Å². The molecule has 0 saturated carbocycles. The number of halogens is 1. The molecule has 0 unspecified atom stereocenters. The van der Waals surface area contributed by atoms with Crippen LogP contribution < -0.4 is 5.32 Å². The highest BCUT2D eigenvalue weighted by Gasteiger charge is 2.04. The molecule has 2 aromatic heterocycles. The molecule has 0 aliphatic carbocycles. The first-order valence-corrected chi connectivity index (χ1v) is 7.39. The molecular weight excluding hydrogens is 316 g/mol. The molecule has 0 aliphatic heterocycles. The Morgan fingerprint density at radius 1 is 1.20 bits per heavy atom. The van der Waals surface area contributed by atoms with Gasteiger partial charge in [0.1, 0.15) is 5.82 Å². The van der Waals surface area contributed by atoms with Gasteiger partial charge in [-0.3, -0.25) is 0 Å². The van der Waals surface area contributed by atoms with Crippen LogP contribution in [0.3, 0.4) is 0 Å². The zero-order valence-corrected chi connectivity index (χ0v) is 12.5. The average Bonchev–Trinajstić information content (AvgIpc) is 2.86. The Kier molecular flexibility index (Phi) is 3.97. The van der Waals surface area contributed by atoms with Crippen molar-refractivity contribution in [3.05, 3.63) is 52.9 Å². The van der Waals surface area contributed by atoms with Crippen molar-refractivity contribution < 1.29 is 0 Å². The monoisotopic (exact) mass is 330 g/mol. The Morgan fingerprint density at radius 3 is 2.90 bits per heavy atom. The van der Waals surface area contributed by atoms with Crippen molar-refractivity contribution in [1.82, 2.24) is 15.0 Å². The summed E-state index contributed by atoms with van der Waals surface area (Å²) in [6, 6.07) is 12.2. The number of aromatic amines is 1. The molecule has 0 spiro atoms. The van der Waals surface area contributed by atoms with E-state index < -0.39 is 0 Å². The third-order valence-electron chi connectivity index (χ3n) is 3.05. The molecule has 102 valence electrons. The second kappa shape index (κ2) is 6.05. The van der Waals surface area contributed by atoms with Gasteiger partial charge in [-0.05, 0) is 40.5 Å². The molecule has 0 amide bonds. The number of hydrogen-bond acceptors (Lipinski definition) is 3. The summed E-state index contributed by atoms with van der Waals surface area (Å²) in [6.07, 6.45) is 3.70. The fraction of sp³-hybridized carbons (Fsp3) is 0.200. The van der Waals surface area contributed by atoms with Gasteiger partial charge in [0.05, 0.1) is 5.52 Å². The fourth-order valence-corrected chi connectivity index (χ4v) is 2.42. The van der Waals surface area contributed by atoms with E-state index in [-0.39, 0.29) is 0 Å². The number of aromatic nitrogens is 3. The number of nitrogens with zero attached hydrogens (tertiary/aromatic N) is 2. The molecule has 20 heavy (non-hydrogen) atoms. The van der Waals surface area contributed by atoms with Gasteiger partial charge in [-0.2, -0.15) is 0 Å². The van der Waals surface area contributed by atoms with E-state index in [1.807, 2.05) is 24.3 Å². The number of fused-ring (bicyclic) bond motifs is 1. The second-order valence-electron chi connectivity index (χ2n) is 4.60. The number of pyridine rings is 1. The molecule has 2 N–H and O–H groups in total. The maximum atomic E-state index is 4.48. The number of para-hydroxylation sites is 1. The van der Waals surface area contributed by atoms with E-state index >= 15 is 0 Å². The van der Waals surface area contributed by atoms with Crippen LogP contribution in [0.4, 0.5) is 5.69 Å². The summed E-state index contributed by atoms with van der Waals surface area (Å²) in [6.45, 7) is 0.929. The Morgan fingerprint density at radius 2 is 2.05 bits per heavy atom. The molecule has 1 aromatic carbocycles. The molecule has 2 heterocycles. The largest absolute Gasteiger partial charge is 0.385 e. The Labute approximate surface area is 125 Å². The number of rotatable bonds is 5. The third kappa shape index (κ3) is 3.17. The standard InChI is InChI=1S/C15H15BrN4/c16-11-9-13-15(18-10-11)20-14(19-13)7-4-8-17-12-5-2-1-3-6-12/h1-3,5-6,9-10,17H,4,7-8H2,(H,18,19,20). The minimum atomic E-state index is 0.777. The number of aryl methyl sites for hydroxylation is 1. The fourth-order valence-electron chi connectivity index (χ4n) is 2.09. The molecule has 5 heteroatoms. The molecular formula is C15H15BrN4. The van der Waals surface area contributed by atoms with Gasteiger partial charge in [0.15, 0.2) is 5.65 Å². The van der Waals surface area contributed by atoms with Crippen LogP contribution in [0.2, 0.25) is 0 Å². The number of hydrogen-bond donors (Lipinski definition) is 2. The maximum absolute atomic E-state index is 4.48. The summed E-state index contributed by atoms with van der Waals surface area (Å²) in [4.78, 5) is 12.1. The molecule has 3 aromatic rings. The van der Waals surface area contributed by atoms with Crippen molar-refractivity contribution in [2.24, 2.45) is 0 Å². The molecule has 4 nitrogen and oxygen atoms in total. The van der Waals surface area contributed by atoms with Gasteiger partial charge in [-0.15, -0.1) is 0 Å². The van der Waals surface area contributed by atoms with Crippen LogP contribution in [0.15, 0.2) is 47.1 Å². The number of nitrogens with one attached hydrogen (secondary N) is 2. The number of imidazole rings is 1. The van der Waals surface area contributed by atoms with Crippen molar-refractivity contribution in [2.75, 3.05) is 11.9 Å². The van der Waals surface area contributed by atoms with E-state index in [1.54, 1.807) is 6.20 Å². The highest BCUT2D eigenvalue weighted by molar-refractivity contribution is 9.10. The smallest absolute Gasteiger partial charge is 0.177 e. The van der Waals surface area contributed by atoms with Crippen LogP contribution in [0, 0.1) is 0 Å². The van der Waals surface area contributed by atoms with Crippen molar-refractivity contribution in [3.63, 3.8) is 0 Å². The minimum absolute atomic E-state index is 0.777. The van der Waals surface area contributed by atoms with Gasteiger partial charge in [0.2, 0.25) is 0 Å². The van der Waals surface area contributed by atoms with E-state index in [1.165, 1.54) is 0 Å². The van der Waals surface area contributed by atoms with Gasteiger partial charge >= 0.3 is 0 Å². The molecule has 0 fully saturated rings. The second-order valence-corrected chi connectivity index (χ2v) is 5.52. The van der Waals surface area contributed by atoms with Crippen LogP contribution in [-0.4, -0.2) is 21.5 Å². The Bertz CT molecular complexity index is 693. The van der Waals surface area contributed by atoms with Crippen molar-refractivity contribution >= 4 is 32.8 Å². The average molecular weight is 331 g/mol. The highest BCUT2D eigenvalue weighted by atomic mass is 79.9. The number of H-pyrrole nitrogens is 1. The third-order valence-corrected chi connectivity index (χ3v) is 3.48. The van der Waals surface area contributed by atoms with Crippen LogP contribution in [0.1, 0.15) is 12.2 Å². The summed E-state index contributed by atoms with van der Waals surface area (Å²) in [7, 11) is 0. The van der Waals surface area contributed by atoms with E-state index in [0.717, 1.165) is 46.5 Å². The molecule has 0 aliphatic rings. The first-order chi connectivity index (χ1) is 9.81. The van der Waals surface area contributed by atoms with Crippen LogP contribution in [0.5, 0.6) is 0 Å². The lowest BCUT2D eigenvalue weighted by Gasteiger charge is -2.04. The summed E-state index contributed by atoms with van der Waals surface area (Å²) >= 11 is 3.41. The first kappa shape index (κ1) is 13.1. The molecule has 3 rings (SSSR count). The zero-order chi connectivity index (χ0) is 13.8. The van der Waals surface area contributed by atoms with Crippen LogP contribution in [0.25, 0.3) is 11.2 Å². The van der Waals surface area contributed by atoms with Crippen molar-refractivity contribution in [3.8, 4) is 0 Å². The SMILES string of the molecule is Brc1cnc2nc(CCCNc3ccccc3)[nH]c2c1. The number of anilines is 1. The summed E-state index contributed by atoms with van der Waals surface area (Å²) in [5.74, 6) is 0.987. The molecule has 0 radical (unpaired) electrons. The highest BCUT2D eigenvalue weighted by Crippen LogP contribution is 2.15. The summed E-state index contributed by atoms with van der Waals surface area (Å²) in [5, 5.41) is 3.39. The van der Waals surface area contributed by atoms with Gasteiger partial charge in [-0.25, -0.2) is 9.97 Å². The van der Waals surface area contributed by atoms with E-state index in [2.05, 4.69) is 48.3 Å². The summed E-state index contributed by atoms with van der Waals surface area (Å²) < 4.78 is 0.964. The molecule has 0 atom stereocenters. The van der Waals surface area contributed by atoms with Gasteiger partial charge in [0.25, 0.3) is 0 Å². The van der Waals surface area contributed by atoms with Crippen LogP contribution in [-0.2, 0) is 6.42 Å². The van der Waals surface area contributed by atoms with E-state index in [9.17, 15) is 0 Å². The van der Waals surface area contributed by atoms with E-state index in [4.69, 9.17) is 0 Å². The first-order valence-electron chi connectivity index (χ1n) is 6.60. The quantitative estimate of drug-likeness (QED) is 0.700. The lowest BCUT2D eigenvalue weighted by molar-refractivity contribution is 0.819. The minimum Gasteiger partial charge on any atom is -0.385 e. The Hall–Kier alpha value is -1.88. The van der Waals surface area contributed by atoms with Crippen molar-refractivity contribution in [1.29, 1.82) is 0 Å². The lowest BCUT2D eigenvalue weighted by Crippen LogP contribution is -2.03. The zero-order valence-electron chi connectivity index (χ0n) is 10.9. The van der Waals surface area contributed by atoms with Gasteiger partial charge < -0.3 is 10.3 Å². The normalized spacial score (nSPS) is 10.8. The maximum Gasteiger partial charge on any atom is 0.177 e. The van der Waals surface area contributed by atoms with Gasteiger partial charge in [0, 0.05) is 29.3 Å². The topological polar surface area (TPSA) is 53.6 Å². The summed E-state index contributed by atoms with van der Waals surface area (Å²) in [5.41, 5.74) is 2.91. The van der Waals surface area contributed by atoms with Gasteiger partial charge in [-0.1, -0.05) is 18.2 Å². The number of benzene rings is 1. The molecule has 0 bridgehead atoms. The van der Waals surface area contributed by atoms with Crippen molar-refractivity contribution in [2.45, 2.75) is 12.8 Å². The predicted molar refractivity (Wildman–Crippen MR) is 84.8 cm³/mol. The van der Waals surface area contributed by atoms with E-state index in [0.29, 0.717) is 0 Å². The Balaban J connectivity index is 1.55.